The second-order valence-corrected chi connectivity index (χ2v) is 7.29. The molecule has 0 unspecified atom stereocenters. The first-order valence-electron chi connectivity index (χ1n) is 9.66. The second kappa shape index (κ2) is 6.75. The number of pyridine rings is 1. The van der Waals surface area contributed by atoms with Gasteiger partial charge in [-0.25, -0.2) is 9.37 Å². The highest BCUT2D eigenvalue weighted by Crippen LogP contribution is 2.29. The molecule has 4 aromatic rings. The zero-order chi connectivity index (χ0) is 19.1. The molecule has 1 saturated heterocycles. The number of piperidine rings is 1. The van der Waals surface area contributed by atoms with Gasteiger partial charge in [-0.2, -0.15) is 0 Å². The lowest BCUT2D eigenvalue weighted by Gasteiger charge is -2.27. The van der Waals surface area contributed by atoms with Crippen LogP contribution in [-0.2, 0) is 0 Å². The van der Waals surface area contributed by atoms with Gasteiger partial charge in [-0.15, -0.1) is 0 Å². The normalized spacial score (nSPS) is 14.7. The van der Waals surface area contributed by atoms with Crippen LogP contribution in [0.4, 0.5) is 4.39 Å². The molecular weight excluding hydrogens is 353 g/mol. The molecule has 2 aromatic heterocycles. The molecule has 0 atom stereocenters. The van der Waals surface area contributed by atoms with E-state index in [1.165, 1.54) is 18.6 Å². The van der Waals surface area contributed by atoms with Gasteiger partial charge in [-0.05, 0) is 36.8 Å². The van der Waals surface area contributed by atoms with Gasteiger partial charge in [0.15, 0.2) is 0 Å². The first-order valence-corrected chi connectivity index (χ1v) is 9.66. The molecule has 1 aliphatic rings. The van der Waals surface area contributed by atoms with E-state index < -0.39 is 0 Å². The monoisotopic (exact) mass is 373 g/mol. The van der Waals surface area contributed by atoms with Crippen molar-refractivity contribution in [1.82, 2.24) is 14.3 Å². The van der Waals surface area contributed by atoms with E-state index in [1.54, 1.807) is 12.3 Å². The van der Waals surface area contributed by atoms with Gasteiger partial charge in [0, 0.05) is 30.2 Å². The van der Waals surface area contributed by atoms with Gasteiger partial charge in [-0.1, -0.05) is 36.4 Å². The van der Waals surface area contributed by atoms with Crippen molar-refractivity contribution in [2.75, 3.05) is 13.1 Å². The summed E-state index contributed by atoms with van der Waals surface area (Å²) in [5.74, 6) is 0.379. The molecule has 140 valence electrons. The van der Waals surface area contributed by atoms with Crippen LogP contribution in [0.15, 0.2) is 60.9 Å². The fraction of sp³-hybridized carbons (Fsp3) is 0.217. The van der Waals surface area contributed by atoms with Gasteiger partial charge in [0.05, 0.1) is 17.3 Å². The number of aromatic nitrogens is 2. The van der Waals surface area contributed by atoms with Crippen LogP contribution in [-0.4, -0.2) is 33.3 Å². The molecule has 28 heavy (non-hydrogen) atoms. The van der Waals surface area contributed by atoms with Crippen molar-refractivity contribution < 1.29 is 9.18 Å². The molecule has 0 N–H and O–H groups in total. The topological polar surface area (TPSA) is 37.6 Å². The minimum atomic E-state index is -0.306. The van der Waals surface area contributed by atoms with E-state index >= 15 is 0 Å². The number of imidazole rings is 1. The summed E-state index contributed by atoms with van der Waals surface area (Å²) in [5.41, 5.74) is 2.26. The minimum Gasteiger partial charge on any atom is -0.339 e. The van der Waals surface area contributed by atoms with Gasteiger partial charge < -0.3 is 4.90 Å². The minimum absolute atomic E-state index is 0.0525. The van der Waals surface area contributed by atoms with E-state index in [-0.39, 0.29) is 11.7 Å². The summed E-state index contributed by atoms with van der Waals surface area (Å²) < 4.78 is 15.7. The quantitative estimate of drug-likeness (QED) is 0.500. The van der Waals surface area contributed by atoms with Crippen LogP contribution in [0.25, 0.3) is 27.7 Å². The molecule has 4 nitrogen and oxygen atoms in total. The number of rotatable bonds is 2. The van der Waals surface area contributed by atoms with Crippen LogP contribution >= 0.6 is 0 Å². The molecular formula is C23H20FN3O. The summed E-state index contributed by atoms with van der Waals surface area (Å²) in [5, 5.41) is 1.90. The number of amides is 1. The van der Waals surface area contributed by atoms with Crippen molar-refractivity contribution in [2.45, 2.75) is 19.3 Å². The Bertz CT molecular complexity index is 1190. The largest absolute Gasteiger partial charge is 0.339 e. The lowest BCUT2D eigenvalue weighted by atomic mass is 10.0. The smallest absolute Gasteiger partial charge is 0.255 e. The van der Waals surface area contributed by atoms with Crippen molar-refractivity contribution in [3.8, 4) is 11.4 Å². The number of carbonyl (C=O) groups excluding carboxylic acids is 1. The second-order valence-electron chi connectivity index (χ2n) is 7.29. The van der Waals surface area contributed by atoms with Gasteiger partial charge in [0.25, 0.3) is 5.91 Å². The summed E-state index contributed by atoms with van der Waals surface area (Å²) in [6.45, 7) is 1.59. The molecule has 0 saturated carbocycles. The fourth-order valence-electron chi connectivity index (χ4n) is 4.11. The molecule has 5 heteroatoms. The Morgan fingerprint density at radius 2 is 1.75 bits per heavy atom. The lowest BCUT2D eigenvalue weighted by Crippen LogP contribution is -2.35. The Balaban J connectivity index is 1.74. The number of hydrogen-bond donors (Lipinski definition) is 0. The van der Waals surface area contributed by atoms with Crippen LogP contribution < -0.4 is 0 Å². The third-order valence-corrected chi connectivity index (χ3v) is 5.50. The van der Waals surface area contributed by atoms with E-state index in [9.17, 15) is 9.18 Å². The number of halogens is 1. The van der Waals surface area contributed by atoms with Crippen LogP contribution in [0, 0.1) is 5.82 Å². The summed E-state index contributed by atoms with van der Waals surface area (Å²) in [4.78, 5) is 19.8. The molecule has 5 rings (SSSR count). The fourth-order valence-corrected chi connectivity index (χ4v) is 4.11. The molecule has 0 spiro atoms. The number of likely N-dealkylation sites (tertiary alicyclic amines) is 1. The average Bonchev–Trinajstić information content (AvgIpc) is 3.17. The van der Waals surface area contributed by atoms with E-state index in [0.29, 0.717) is 17.0 Å². The molecule has 0 bridgehead atoms. The van der Waals surface area contributed by atoms with Crippen LogP contribution in [0.2, 0.25) is 0 Å². The van der Waals surface area contributed by atoms with Gasteiger partial charge >= 0.3 is 0 Å². The van der Waals surface area contributed by atoms with Gasteiger partial charge in [0.1, 0.15) is 11.6 Å². The number of fused-ring (bicyclic) bond motifs is 3. The van der Waals surface area contributed by atoms with E-state index in [2.05, 4.69) is 4.98 Å². The molecule has 1 amide bonds. The lowest BCUT2D eigenvalue weighted by molar-refractivity contribution is 0.0726. The number of carbonyl (C=O) groups is 1. The Labute approximate surface area is 162 Å². The summed E-state index contributed by atoms with van der Waals surface area (Å²) in [7, 11) is 0. The average molecular weight is 373 g/mol. The molecule has 2 aromatic carbocycles. The first-order chi connectivity index (χ1) is 13.7. The number of nitrogens with zero attached hydrogens (tertiary/aromatic N) is 3. The number of hydrogen-bond acceptors (Lipinski definition) is 2. The SMILES string of the molecule is O=C(c1cn2c(-c3cccc(F)c3)ncc2c2ccccc12)N1CCCCC1. The highest BCUT2D eigenvalue weighted by atomic mass is 19.1. The maximum atomic E-state index is 13.8. The Morgan fingerprint density at radius 1 is 0.964 bits per heavy atom. The van der Waals surface area contributed by atoms with Gasteiger partial charge in [0.2, 0.25) is 0 Å². The van der Waals surface area contributed by atoms with Crippen molar-refractivity contribution in [2.24, 2.45) is 0 Å². The van der Waals surface area contributed by atoms with Crippen LogP contribution in [0.3, 0.4) is 0 Å². The highest BCUT2D eigenvalue weighted by molar-refractivity contribution is 6.11. The van der Waals surface area contributed by atoms with Crippen LogP contribution in [0.5, 0.6) is 0 Å². The van der Waals surface area contributed by atoms with Gasteiger partial charge in [-0.3, -0.25) is 9.20 Å². The van der Waals surface area contributed by atoms with Crippen molar-refractivity contribution >= 4 is 22.2 Å². The summed E-state index contributed by atoms with van der Waals surface area (Å²) in [6.07, 6.45) is 6.92. The van der Waals surface area contributed by atoms with Crippen molar-refractivity contribution in [1.29, 1.82) is 0 Å². The Kier molecular flexibility index (Phi) is 4.08. The first kappa shape index (κ1) is 16.9. The summed E-state index contributed by atoms with van der Waals surface area (Å²) >= 11 is 0. The number of benzene rings is 2. The van der Waals surface area contributed by atoms with Crippen molar-refractivity contribution in [3.05, 3.63) is 72.3 Å². The zero-order valence-electron chi connectivity index (χ0n) is 15.4. The van der Waals surface area contributed by atoms with E-state index in [0.717, 1.165) is 42.2 Å². The van der Waals surface area contributed by atoms with Crippen molar-refractivity contribution in [3.63, 3.8) is 0 Å². The maximum absolute atomic E-state index is 13.8. The maximum Gasteiger partial charge on any atom is 0.255 e. The van der Waals surface area contributed by atoms with E-state index in [1.807, 2.05) is 45.8 Å². The Morgan fingerprint density at radius 3 is 2.54 bits per heavy atom. The molecule has 1 fully saturated rings. The molecule has 1 aliphatic heterocycles. The third kappa shape index (κ3) is 2.74. The third-order valence-electron chi connectivity index (χ3n) is 5.50. The van der Waals surface area contributed by atoms with E-state index in [4.69, 9.17) is 0 Å². The molecule has 0 aliphatic carbocycles. The predicted octanol–water partition coefficient (Wildman–Crippen LogP) is 4.92. The summed E-state index contributed by atoms with van der Waals surface area (Å²) in [6, 6.07) is 14.3. The Hall–Kier alpha value is -3.21. The predicted molar refractivity (Wildman–Crippen MR) is 108 cm³/mol. The molecule has 0 radical (unpaired) electrons. The standard InChI is InChI=1S/C23H20FN3O/c24-17-8-6-7-16(13-17)22-25-14-21-19-10-3-2-9-18(19)20(15-27(21)22)23(28)26-11-4-1-5-12-26/h2-3,6-10,13-15H,1,4-5,11-12H2. The highest BCUT2D eigenvalue weighted by Gasteiger charge is 2.22. The zero-order valence-corrected chi connectivity index (χ0v) is 15.4. The molecule has 3 heterocycles. The van der Waals surface area contributed by atoms with Crippen LogP contribution in [0.1, 0.15) is 29.6 Å².